The molecule has 0 spiro atoms. The summed E-state index contributed by atoms with van der Waals surface area (Å²) >= 11 is 21.7. The van der Waals surface area contributed by atoms with Crippen molar-refractivity contribution >= 4 is 63.9 Å². The van der Waals surface area contributed by atoms with Gasteiger partial charge in [0.05, 0.1) is 25.6 Å². The number of aromatic nitrogens is 3. The summed E-state index contributed by atoms with van der Waals surface area (Å²) in [5, 5.41) is 16.7. The van der Waals surface area contributed by atoms with Crippen LogP contribution in [0.2, 0.25) is 15.1 Å². The number of carboxylic acid groups (broad SMARTS) is 1. The van der Waals surface area contributed by atoms with Crippen LogP contribution in [0.3, 0.4) is 0 Å². The number of hydrogen-bond acceptors (Lipinski definition) is 5. The van der Waals surface area contributed by atoms with Gasteiger partial charge in [-0.2, -0.15) is 9.78 Å². The summed E-state index contributed by atoms with van der Waals surface area (Å²) in [5.41, 5.74) is 3.13. The lowest BCUT2D eigenvalue weighted by atomic mass is 10.0. The molecule has 0 fully saturated rings. The minimum Gasteiger partial charge on any atom is -0.476 e. The van der Waals surface area contributed by atoms with Crippen molar-refractivity contribution in [3.63, 3.8) is 0 Å². The van der Waals surface area contributed by atoms with Crippen LogP contribution in [0.15, 0.2) is 46.7 Å². The molecule has 0 radical (unpaired) electrons. The standard InChI is InChI=1S/C23H18Cl3N3O2S2/c1-11(2)32-22-19(13-8-9-16(25)17(26)10-13)27-23(33-22)29-20(21(30)31)18(12(3)28-29)14-6-4-5-7-15(14)24/h4-11H,1-3H3,(H,30,31). The molecule has 0 bridgehead atoms. The SMILES string of the molecule is Cc1nn(-c2nc(-c3ccc(Cl)c(Cl)c3)c(SC(C)C)s2)c(C(=O)O)c1-c1ccccc1Cl. The Morgan fingerprint density at radius 3 is 2.45 bits per heavy atom. The van der Waals surface area contributed by atoms with Gasteiger partial charge in [0.25, 0.3) is 0 Å². The predicted octanol–water partition coefficient (Wildman–Crippen LogP) is 8.13. The van der Waals surface area contributed by atoms with Crippen molar-refractivity contribution in [1.82, 2.24) is 14.8 Å². The highest BCUT2D eigenvalue weighted by Crippen LogP contribution is 2.42. The Labute approximate surface area is 214 Å². The number of aromatic carboxylic acids is 1. The molecule has 33 heavy (non-hydrogen) atoms. The Morgan fingerprint density at radius 1 is 1.09 bits per heavy atom. The Bertz CT molecular complexity index is 1370. The molecule has 0 aliphatic heterocycles. The Balaban J connectivity index is 1.93. The minimum atomic E-state index is -1.12. The summed E-state index contributed by atoms with van der Waals surface area (Å²) in [6.07, 6.45) is 0. The second-order valence-electron chi connectivity index (χ2n) is 7.43. The maximum Gasteiger partial charge on any atom is 0.355 e. The van der Waals surface area contributed by atoms with Gasteiger partial charge in [-0.25, -0.2) is 9.78 Å². The van der Waals surface area contributed by atoms with Gasteiger partial charge in [0.2, 0.25) is 5.13 Å². The number of carbonyl (C=O) groups is 1. The number of thiazole rings is 1. The first-order valence-corrected chi connectivity index (χ1v) is 12.7. The number of benzene rings is 2. The van der Waals surface area contributed by atoms with Crippen LogP contribution in [0.5, 0.6) is 0 Å². The smallest absolute Gasteiger partial charge is 0.355 e. The van der Waals surface area contributed by atoms with E-state index in [9.17, 15) is 9.90 Å². The average Bonchev–Trinajstić information content (AvgIpc) is 3.31. The lowest BCUT2D eigenvalue weighted by Crippen LogP contribution is -2.09. The fraction of sp³-hybridized carbons (Fsp3) is 0.174. The maximum absolute atomic E-state index is 12.4. The van der Waals surface area contributed by atoms with E-state index in [1.165, 1.54) is 16.0 Å². The van der Waals surface area contributed by atoms with Crippen LogP contribution in [0, 0.1) is 6.92 Å². The summed E-state index contributed by atoms with van der Waals surface area (Å²) in [6, 6.07) is 12.4. The van der Waals surface area contributed by atoms with Crippen LogP contribution in [-0.4, -0.2) is 31.1 Å². The molecule has 5 nitrogen and oxygen atoms in total. The van der Waals surface area contributed by atoms with Crippen molar-refractivity contribution in [2.75, 3.05) is 0 Å². The minimum absolute atomic E-state index is 0.0103. The van der Waals surface area contributed by atoms with Crippen molar-refractivity contribution < 1.29 is 9.90 Å². The second-order valence-corrected chi connectivity index (χ2v) is 11.5. The summed E-state index contributed by atoms with van der Waals surface area (Å²) in [7, 11) is 0. The van der Waals surface area contributed by atoms with E-state index in [1.807, 2.05) is 12.1 Å². The fourth-order valence-electron chi connectivity index (χ4n) is 3.36. The van der Waals surface area contributed by atoms with Crippen LogP contribution >= 0.6 is 57.9 Å². The van der Waals surface area contributed by atoms with E-state index in [-0.39, 0.29) is 10.9 Å². The maximum atomic E-state index is 12.4. The molecule has 4 aromatic rings. The molecule has 2 aromatic carbocycles. The van der Waals surface area contributed by atoms with Gasteiger partial charge in [0, 0.05) is 27.0 Å². The zero-order valence-corrected chi connectivity index (χ0v) is 21.7. The molecule has 0 aliphatic carbocycles. The van der Waals surface area contributed by atoms with Crippen LogP contribution in [0.25, 0.3) is 27.5 Å². The molecule has 0 unspecified atom stereocenters. The van der Waals surface area contributed by atoms with Crippen LogP contribution < -0.4 is 0 Å². The van der Waals surface area contributed by atoms with Gasteiger partial charge >= 0.3 is 5.97 Å². The van der Waals surface area contributed by atoms with Gasteiger partial charge in [0.1, 0.15) is 0 Å². The highest BCUT2D eigenvalue weighted by molar-refractivity contribution is 8.01. The Morgan fingerprint density at radius 2 is 1.82 bits per heavy atom. The summed E-state index contributed by atoms with van der Waals surface area (Å²) < 4.78 is 2.31. The van der Waals surface area contributed by atoms with E-state index >= 15 is 0 Å². The Kier molecular flexibility index (Phi) is 7.07. The van der Waals surface area contributed by atoms with E-state index in [0.717, 1.165) is 9.77 Å². The van der Waals surface area contributed by atoms with E-state index in [4.69, 9.17) is 39.8 Å². The second kappa shape index (κ2) is 9.68. The number of nitrogens with zero attached hydrogens (tertiary/aromatic N) is 3. The van der Waals surface area contributed by atoms with Crippen LogP contribution in [0.4, 0.5) is 0 Å². The molecule has 0 amide bonds. The lowest BCUT2D eigenvalue weighted by Gasteiger charge is -2.05. The first kappa shape index (κ1) is 24.1. The van der Waals surface area contributed by atoms with E-state index < -0.39 is 5.97 Å². The molecular formula is C23H18Cl3N3O2S2. The first-order chi connectivity index (χ1) is 15.7. The monoisotopic (exact) mass is 537 g/mol. The van der Waals surface area contributed by atoms with Gasteiger partial charge in [-0.3, -0.25) is 0 Å². The van der Waals surface area contributed by atoms with Crippen LogP contribution in [0.1, 0.15) is 30.0 Å². The normalized spacial score (nSPS) is 11.4. The van der Waals surface area contributed by atoms with E-state index in [1.54, 1.807) is 49.0 Å². The molecule has 170 valence electrons. The Hall–Kier alpha value is -2.03. The quantitative estimate of drug-likeness (QED) is 0.251. The zero-order chi connectivity index (χ0) is 23.9. The number of aryl methyl sites for hydroxylation is 1. The molecule has 10 heteroatoms. The van der Waals surface area contributed by atoms with Crippen molar-refractivity contribution in [2.45, 2.75) is 30.2 Å². The van der Waals surface area contributed by atoms with Gasteiger partial charge < -0.3 is 5.11 Å². The number of hydrogen-bond donors (Lipinski definition) is 1. The third-order valence-electron chi connectivity index (χ3n) is 4.71. The highest BCUT2D eigenvalue weighted by Gasteiger charge is 2.27. The molecule has 0 saturated carbocycles. The molecular weight excluding hydrogens is 521 g/mol. The number of rotatable bonds is 6. The first-order valence-electron chi connectivity index (χ1n) is 9.88. The van der Waals surface area contributed by atoms with Crippen molar-refractivity contribution in [3.8, 4) is 27.5 Å². The highest BCUT2D eigenvalue weighted by atomic mass is 35.5. The summed E-state index contributed by atoms with van der Waals surface area (Å²) in [4.78, 5) is 17.2. The average molecular weight is 539 g/mol. The predicted molar refractivity (Wildman–Crippen MR) is 138 cm³/mol. The molecule has 1 N–H and O–H groups in total. The lowest BCUT2D eigenvalue weighted by molar-refractivity contribution is 0.0688. The number of carboxylic acids is 1. The van der Waals surface area contributed by atoms with Crippen LogP contribution in [-0.2, 0) is 0 Å². The molecule has 2 aromatic heterocycles. The summed E-state index contributed by atoms with van der Waals surface area (Å²) in [5.74, 6) is -1.12. The zero-order valence-electron chi connectivity index (χ0n) is 17.8. The number of halogens is 3. The van der Waals surface area contributed by atoms with Crippen molar-refractivity contribution in [1.29, 1.82) is 0 Å². The van der Waals surface area contributed by atoms with Gasteiger partial charge in [0.15, 0.2) is 5.69 Å². The molecule has 2 heterocycles. The third-order valence-corrected chi connectivity index (χ3v) is 8.02. The largest absolute Gasteiger partial charge is 0.476 e. The summed E-state index contributed by atoms with van der Waals surface area (Å²) in [6.45, 7) is 5.93. The molecule has 0 atom stereocenters. The number of thioether (sulfide) groups is 1. The van der Waals surface area contributed by atoms with Gasteiger partial charge in [-0.1, -0.05) is 84.3 Å². The van der Waals surface area contributed by atoms with E-state index in [0.29, 0.717) is 42.7 Å². The van der Waals surface area contributed by atoms with Crippen molar-refractivity contribution in [3.05, 3.63) is 68.9 Å². The third kappa shape index (κ3) is 4.79. The van der Waals surface area contributed by atoms with Crippen molar-refractivity contribution in [2.24, 2.45) is 0 Å². The molecule has 4 rings (SSSR count). The fourth-order valence-corrected chi connectivity index (χ4v) is 6.36. The molecule has 0 aliphatic rings. The molecule has 0 saturated heterocycles. The van der Waals surface area contributed by atoms with E-state index in [2.05, 4.69) is 18.9 Å². The topological polar surface area (TPSA) is 68.0 Å². The van der Waals surface area contributed by atoms with Gasteiger partial charge in [-0.15, -0.1) is 11.8 Å². The van der Waals surface area contributed by atoms with Gasteiger partial charge in [-0.05, 0) is 25.1 Å².